The second-order valence-corrected chi connectivity index (χ2v) is 5.93. The summed E-state index contributed by atoms with van der Waals surface area (Å²) in [6, 6.07) is 13.5. The maximum Gasteiger partial charge on any atom is 0.163 e. The van der Waals surface area contributed by atoms with Crippen molar-refractivity contribution in [1.82, 2.24) is 15.0 Å². The van der Waals surface area contributed by atoms with E-state index in [4.69, 9.17) is 16.6 Å². The number of aromatic nitrogens is 3. The average molecular weight is 339 g/mol. The van der Waals surface area contributed by atoms with Crippen LogP contribution in [0.4, 0.5) is 5.82 Å². The van der Waals surface area contributed by atoms with E-state index in [0.717, 1.165) is 42.0 Å². The van der Waals surface area contributed by atoms with E-state index in [1.54, 1.807) is 12.4 Å². The molecule has 4 nitrogen and oxygen atoms in total. The van der Waals surface area contributed by atoms with Crippen LogP contribution in [-0.4, -0.2) is 21.5 Å². The minimum atomic E-state index is 0.662. The van der Waals surface area contributed by atoms with Crippen molar-refractivity contribution in [2.75, 3.05) is 11.9 Å². The van der Waals surface area contributed by atoms with Crippen molar-refractivity contribution in [2.45, 2.75) is 19.8 Å². The molecule has 0 spiro atoms. The second kappa shape index (κ2) is 7.88. The highest BCUT2D eigenvalue weighted by Crippen LogP contribution is 2.25. The molecule has 3 rings (SSSR count). The highest BCUT2D eigenvalue weighted by Gasteiger charge is 2.09. The number of pyridine rings is 1. The van der Waals surface area contributed by atoms with Gasteiger partial charge in [-0.05, 0) is 30.7 Å². The van der Waals surface area contributed by atoms with Gasteiger partial charge in [-0.3, -0.25) is 4.98 Å². The van der Waals surface area contributed by atoms with Crippen molar-refractivity contribution in [2.24, 2.45) is 0 Å². The van der Waals surface area contributed by atoms with Crippen molar-refractivity contribution in [3.05, 3.63) is 59.9 Å². The normalized spacial score (nSPS) is 10.6. The second-order valence-electron chi connectivity index (χ2n) is 5.49. The average Bonchev–Trinajstić information content (AvgIpc) is 2.63. The lowest BCUT2D eigenvalue weighted by molar-refractivity contribution is 0.830. The lowest BCUT2D eigenvalue weighted by Crippen LogP contribution is -2.05. The first kappa shape index (κ1) is 16.4. The van der Waals surface area contributed by atoms with E-state index in [9.17, 15) is 0 Å². The summed E-state index contributed by atoms with van der Waals surface area (Å²) in [7, 11) is 0. The Kier molecular flexibility index (Phi) is 5.39. The Morgan fingerprint density at radius 3 is 2.58 bits per heavy atom. The van der Waals surface area contributed by atoms with Crippen LogP contribution in [0.3, 0.4) is 0 Å². The van der Waals surface area contributed by atoms with Crippen molar-refractivity contribution < 1.29 is 0 Å². The molecule has 0 aliphatic carbocycles. The molecule has 2 aromatic heterocycles. The zero-order chi connectivity index (χ0) is 16.8. The summed E-state index contributed by atoms with van der Waals surface area (Å²) in [6.07, 6.45) is 5.75. The summed E-state index contributed by atoms with van der Waals surface area (Å²) in [5.74, 6) is 1.48. The zero-order valence-corrected chi connectivity index (χ0v) is 14.3. The Bertz CT molecular complexity index is 788. The Morgan fingerprint density at radius 2 is 1.88 bits per heavy atom. The van der Waals surface area contributed by atoms with E-state index in [1.165, 1.54) is 0 Å². The molecule has 0 saturated heterocycles. The third kappa shape index (κ3) is 4.09. The highest BCUT2D eigenvalue weighted by atomic mass is 35.5. The van der Waals surface area contributed by atoms with Crippen molar-refractivity contribution in [1.29, 1.82) is 0 Å². The number of hydrogen-bond donors (Lipinski definition) is 1. The summed E-state index contributed by atoms with van der Waals surface area (Å²) >= 11 is 5.99. The molecule has 0 radical (unpaired) electrons. The Morgan fingerprint density at radius 1 is 1.04 bits per heavy atom. The molecule has 3 aromatic rings. The van der Waals surface area contributed by atoms with Gasteiger partial charge in [0.05, 0.1) is 5.69 Å². The van der Waals surface area contributed by atoms with Crippen LogP contribution in [0.1, 0.15) is 19.8 Å². The smallest absolute Gasteiger partial charge is 0.163 e. The minimum absolute atomic E-state index is 0.662. The van der Waals surface area contributed by atoms with E-state index >= 15 is 0 Å². The lowest BCUT2D eigenvalue weighted by atomic mass is 10.1. The van der Waals surface area contributed by atoms with Gasteiger partial charge in [0.25, 0.3) is 0 Å². The molecule has 0 bridgehead atoms. The first-order chi connectivity index (χ1) is 11.8. The van der Waals surface area contributed by atoms with E-state index in [2.05, 4.69) is 22.2 Å². The van der Waals surface area contributed by atoms with Gasteiger partial charge in [-0.15, -0.1) is 0 Å². The van der Waals surface area contributed by atoms with Gasteiger partial charge in [0.1, 0.15) is 5.82 Å². The molecular formula is C19H19ClN4. The number of unbranched alkanes of at least 4 members (excludes halogenated alkanes) is 1. The maximum absolute atomic E-state index is 5.99. The van der Waals surface area contributed by atoms with Gasteiger partial charge in [0.2, 0.25) is 0 Å². The SMILES string of the molecule is CCCCNc1cc(-c2ccc(Cl)cc2)nc(-c2cccnc2)n1. The van der Waals surface area contributed by atoms with Crippen LogP contribution >= 0.6 is 11.6 Å². The maximum atomic E-state index is 5.99. The van der Waals surface area contributed by atoms with E-state index in [1.807, 2.05) is 42.5 Å². The molecule has 0 aliphatic heterocycles. The van der Waals surface area contributed by atoms with Crippen LogP contribution in [0.15, 0.2) is 54.9 Å². The third-order valence-corrected chi connectivity index (χ3v) is 3.87. The molecule has 1 aromatic carbocycles. The molecule has 122 valence electrons. The number of halogens is 1. The van der Waals surface area contributed by atoms with Gasteiger partial charge in [-0.25, -0.2) is 9.97 Å². The van der Waals surface area contributed by atoms with Crippen molar-refractivity contribution in [3.63, 3.8) is 0 Å². The first-order valence-electron chi connectivity index (χ1n) is 8.05. The third-order valence-electron chi connectivity index (χ3n) is 3.62. The van der Waals surface area contributed by atoms with Gasteiger partial charge in [-0.2, -0.15) is 0 Å². The number of anilines is 1. The highest BCUT2D eigenvalue weighted by molar-refractivity contribution is 6.30. The van der Waals surface area contributed by atoms with Gasteiger partial charge < -0.3 is 5.32 Å². The van der Waals surface area contributed by atoms with Crippen LogP contribution in [0, 0.1) is 0 Å². The number of benzene rings is 1. The minimum Gasteiger partial charge on any atom is -0.370 e. The van der Waals surface area contributed by atoms with E-state index in [0.29, 0.717) is 10.8 Å². The number of rotatable bonds is 6. The fourth-order valence-corrected chi connectivity index (χ4v) is 2.45. The summed E-state index contributed by atoms with van der Waals surface area (Å²) < 4.78 is 0. The van der Waals surface area contributed by atoms with Gasteiger partial charge in [-0.1, -0.05) is 37.1 Å². The van der Waals surface area contributed by atoms with E-state index in [-0.39, 0.29) is 0 Å². The molecule has 0 saturated carbocycles. The Hall–Kier alpha value is -2.46. The summed E-state index contributed by atoms with van der Waals surface area (Å²) in [5.41, 5.74) is 2.76. The van der Waals surface area contributed by atoms with Crippen LogP contribution in [0.2, 0.25) is 5.02 Å². The van der Waals surface area contributed by atoms with Crippen LogP contribution in [0.5, 0.6) is 0 Å². The van der Waals surface area contributed by atoms with E-state index < -0.39 is 0 Å². The van der Waals surface area contributed by atoms with Crippen molar-refractivity contribution >= 4 is 17.4 Å². The number of nitrogens with one attached hydrogen (secondary N) is 1. The first-order valence-corrected chi connectivity index (χ1v) is 8.43. The fourth-order valence-electron chi connectivity index (χ4n) is 2.32. The predicted molar refractivity (Wildman–Crippen MR) is 99.1 cm³/mol. The predicted octanol–water partition coefficient (Wildman–Crippen LogP) is 5.07. The van der Waals surface area contributed by atoms with Crippen LogP contribution in [-0.2, 0) is 0 Å². The standard InChI is InChI=1S/C19H19ClN4/c1-2-3-11-22-18-12-17(14-6-8-16(20)9-7-14)23-19(24-18)15-5-4-10-21-13-15/h4-10,12-13H,2-3,11H2,1H3,(H,22,23,24). The van der Waals surface area contributed by atoms with Gasteiger partial charge in [0, 0.05) is 41.2 Å². The molecule has 1 N–H and O–H groups in total. The summed E-state index contributed by atoms with van der Waals surface area (Å²) in [6.45, 7) is 3.06. The molecule has 0 amide bonds. The number of hydrogen-bond acceptors (Lipinski definition) is 4. The summed E-state index contributed by atoms with van der Waals surface area (Å²) in [5, 5.41) is 4.09. The lowest BCUT2D eigenvalue weighted by Gasteiger charge is -2.10. The molecule has 0 atom stereocenters. The fraction of sp³-hybridized carbons (Fsp3) is 0.211. The molecular weight excluding hydrogens is 320 g/mol. The van der Waals surface area contributed by atoms with Crippen LogP contribution in [0.25, 0.3) is 22.6 Å². The number of nitrogens with zero attached hydrogens (tertiary/aromatic N) is 3. The topological polar surface area (TPSA) is 50.7 Å². The van der Waals surface area contributed by atoms with Crippen molar-refractivity contribution in [3.8, 4) is 22.6 Å². The molecule has 5 heteroatoms. The molecule has 0 fully saturated rings. The molecule has 0 unspecified atom stereocenters. The van der Waals surface area contributed by atoms with Gasteiger partial charge >= 0.3 is 0 Å². The molecule has 0 aliphatic rings. The quantitative estimate of drug-likeness (QED) is 0.637. The monoisotopic (exact) mass is 338 g/mol. The Balaban J connectivity index is 2.00. The summed E-state index contributed by atoms with van der Waals surface area (Å²) in [4.78, 5) is 13.5. The largest absolute Gasteiger partial charge is 0.370 e. The molecule has 24 heavy (non-hydrogen) atoms. The zero-order valence-electron chi connectivity index (χ0n) is 13.5. The van der Waals surface area contributed by atoms with Gasteiger partial charge in [0.15, 0.2) is 5.82 Å². The Labute approximate surface area is 147 Å². The molecule has 2 heterocycles. The van der Waals surface area contributed by atoms with Crippen LogP contribution < -0.4 is 5.32 Å².